The van der Waals surface area contributed by atoms with Crippen LogP contribution in [0.5, 0.6) is 0 Å². The van der Waals surface area contributed by atoms with Crippen molar-refractivity contribution in [3.63, 3.8) is 0 Å². The van der Waals surface area contributed by atoms with Crippen molar-refractivity contribution in [2.45, 2.75) is 33.1 Å². The minimum Gasteiger partial charge on any atom is -0.481 e. The van der Waals surface area contributed by atoms with Crippen molar-refractivity contribution in [1.29, 1.82) is 0 Å². The topological polar surface area (TPSA) is 87.7 Å². The van der Waals surface area contributed by atoms with E-state index in [1.54, 1.807) is 7.11 Å². The normalized spacial score (nSPS) is 11.1. The highest BCUT2D eigenvalue weighted by molar-refractivity contribution is 5.78. The number of aliphatic carboxylic acids is 1. The molecule has 0 saturated carbocycles. The van der Waals surface area contributed by atoms with E-state index in [1.165, 1.54) is 0 Å². The Labute approximate surface area is 108 Å². The van der Waals surface area contributed by atoms with E-state index in [0.29, 0.717) is 26.0 Å². The van der Waals surface area contributed by atoms with Gasteiger partial charge in [-0.15, -0.1) is 0 Å². The summed E-state index contributed by atoms with van der Waals surface area (Å²) in [7, 11) is 1.60. The van der Waals surface area contributed by atoms with Gasteiger partial charge in [-0.05, 0) is 19.3 Å². The molecule has 0 aromatic rings. The standard InChI is InChI=1S/C12H24N2O4/c1-4-12(5-2,10(15)16)9-14-11(17)13-7-6-8-18-3/h4-9H2,1-3H3,(H,15,16)(H2,13,14,17). The van der Waals surface area contributed by atoms with Crippen LogP contribution in [0.3, 0.4) is 0 Å². The third kappa shape index (κ3) is 5.35. The van der Waals surface area contributed by atoms with Gasteiger partial charge in [0.25, 0.3) is 0 Å². The quantitative estimate of drug-likeness (QED) is 0.544. The first-order chi connectivity index (χ1) is 8.52. The summed E-state index contributed by atoms with van der Waals surface area (Å²) in [6.07, 6.45) is 1.71. The summed E-state index contributed by atoms with van der Waals surface area (Å²) in [6.45, 7) is 4.87. The number of carboxylic acid groups (broad SMARTS) is 1. The number of methoxy groups -OCH3 is 1. The van der Waals surface area contributed by atoms with Gasteiger partial charge in [-0.3, -0.25) is 4.79 Å². The second kappa shape index (κ2) is 8.74. The zero-order valence-electron chi connectivity index (χ0n) is 11.4. The van der Waals surface area contributed by atoms with Gasteiger partial charge in [-0.25, -0.2) is 4.79 Å². The van der Waals surface area contributed by atoms with Crippen LogP contribution in [0.2, 0.25) is 0 Å². The second-order valence-electron chi connectivity index (χ2n) is 4.25. The Bertz CT molecular complexity index is 265. The number of ether oxygens (including phenoxy) is 1. The summed E-state index contributed by atoms with van der Waals surface area (Å²) in [5, 5.41) is 14.5. The summed E-state index contributed by atoms with van der Waals surface area (Å²) in [5.74, 6) is -0.868. The largest absolute Gasteiger partial charge is 0.481 e. The fourth-order valence-electron chi connectivity index (χ4n) is 1.61. The highest BCUT2D eigenvalue weighted by Gasteiger charge is 2.34. The highest BCUT2D eigenvalue weighted by atomic mass is 16.5. The van der Waals surface area contributed by atoms with Crippen LogP contribution in [0.25, 0.3) is 0 Å². The van der Waals surface area contributed by atoms with Gasteiger partial charge >= 0.3 is 12.0 Å². The van der Waals surface area contributed by atoms with Crippen molar-refractivity contribution < 1.29 is 19.4 Å². The van der Waals surface area contributed by atoms with E-state index >= 15 is 0 Å². The molecule has 0 aliphatic carbocycles. The Morgan fingerprint density at radius 1 is 1.22 bits per heavy atom. The molecule has 0 rings (SSSR count). The van der Waals surface area contributed by atoms with Crippen molar-refractivity contribution in [3.05, 3.63) is 0 Å². The molecule has 6 heteroatoms. The zero-order valence-corrected chi connectivity index (χ0v) is 11.4. The minimum atomic E-state index is -0.871. The first kappa shape index (κ1) is 16.7. The zero-order chi connectivity index (χ0) is 14.0. The Balaban J connectivity index is 4.04. The van der Waals surface area contributed by atoms with Crippen molar-refractivity contribution >= 4 is 12.0 Å². The van der Waals surface area contributed by atoms with E-state index in [1.807, 2.05) is 13.8 Å². The van der Waals surface area contributed by atoms with Gasteiger partial charge < -0.3 is 20.5 Å². The number of carbonyl (C=O) groups excluding carboxylic acids is 1. The fourth-order valence-corrected chi connectivity index (χ4v) is 1.61. The highest BCUT2D eigenvalue weighted by Crippen LogP contribution is 2.25. The first-order valence-corrected chi connectivity index (χ1v) is 6.26. The van der Waals surface area contributed by atoms with Crippen LogP contribution in [-0.2, 0) is 9.53 Å². The number of amides is 2. The molecule has 0 aliphatic heterocycles. The lowest BCUT2D eigenvalue weighted by atomic mass is 9.82. The molecule has 0 atom stereocenters. The molecular weight excluding hydrogens is 236 g/mol. The number of carbonyl (C=O) groups is 2. The third-order valence-corrected chi connectivity index (χ3v) is 3.21. The third-order valence-electron chi connectivity index (χ3n) is 3.21. The lowest BCUT2D eigenvalue weighted by Gasteiger charge is -2.26. The first-order valence-electron chi connectivity index (χ1n) is 6.26. The number of nitrogens with one attached hydrogen (secondary N) is 2. The van der Waals surface area contributed by atoms with Crippen LogP contribution in [-0.4, -0.2) is 43.9 Å². The van der Waals surface area contributed by atoms with E-state index < -0.39 is 11.4 Å². The number of rotatable bonds is 9. The fraction of sp³-hybridized carbons (Fsp3) is 0.833. The van der Waals surface area contributed by atoms with Gasteiger partial charge in [-0.1, -0.05) is 13.8 Å². The summed E-state index contributed by atoms with van der Waals surface area (Å²) in [4.78, 5) is 22.7. The number of hydrogen-bond donors (Lipinski definition) is 3. The Hall–Kier alpha value is -1.30. The summed E-state index contributed by atoms with van der Waals surface area (Å²) < 4.78 is 4.85. The van der Waals surface area contributed by atoms with E-state index in [-0.39, 0.29) is 12.6 Å². The monoisotopic (exact) mass is 260 g/mol. The van der Waals surface area contributed by atoms with Gasteiger partial charge in [-0.2, -0.15) is 0 Å². The van der Waals surface area contributed by atoms with Crippen molar-refractivity contribution in [2.24, 2.45) is 5.41 Å². The summed E-state index contributed by atoms with van der Waals surface area (Å²) >= 11 is 0. The number of urea groups is 1. The van der Waals surface area contributed by atoms with Crippen LogP contribution in [0.15, 0.2) is 0 Å². The molecule has 0 aromatic carbocycles. The maximum absolute atomic E-state index is 11.5. The van der Waals surface area contributed by atoms with Crippen LogP contribution >= 0.6 is 0 Å². The van der Waals surface area contributed by atoms with Gasteiger partial charge in [0, 0.05) is 26.8 Å². The number of hydrogen-bond acceptors (Lipinski definition) is 3. The molecule has 0 unspecified atom stereocenters. The SMILES string of the molecule is CCC(CC)(CNC(=O)NCCCOC)C(=O)O. The molecule has 0 saturated heterocycles. The molecule has 0 bridgehead atoms. The molecule has 0 radical (unpaired) electrons. The smallest absolute Gasteiger partial charge is 0.314 e. The molecular formula is C12H24N2O4. The Morgan fingerprint density at radius 3 is 2.28 bits per heavy atom. The number of carboxylic acids is 1. The van der Waals surface area contributed by atoms with Crippen LogP contribution < -0.4 is 10.6 Å². The van der Waals surface area contributed by atoms with Crippen molar-refractivity contribution in [1.82, 2.24) is 10.6 Å². The van der Waals surface area contributed by atoms with Crippen LogP contribution in [0.4, 0.5) is 4.79 Å². The average molecular weight is 260 g/mol. The van der Waals surface area contributed by atoms with Gasteiger partial charge in [0.15, 0.2) is 0 Å². The summed E-state index contributed by atoms with van der Waals surface area (Å²) in [6, 6.07) is -0.335. The maximum Gasteiger partial charge on any atom is 0.314 e. The molecule has 18 heavy (non-hydrogen) atoms. The van der Waals surface area contributed by atoms with E-state index in [4.69, 9.17) is 4.74 Å². The molecule has 6 nitrogen and oxygen atoms in total. The molecule has 3 N–H and O–H groups in total. The van der Waals surface area contributed by atoms with Crippen LogP contribution in [0.1, 0.15) is 33.1 Å². The molecule has 106 valence electrons. The predicted octanol–water partition coefficient (Wildman–Crippen LogP) is 1.21. The van der Waals surface area contributed by atoms with Gasteiger partial charge in [0.2, 0.25) is 0 Å². The molecule has 0 fully saturated rings. The lowest BCUT2D eigenvalue weighted by molar-refractivity contribution is -0.149. The lowest BCUT2D eigenvalue weighted by Crippen LogP contribution is -2.46. The molecule has 0 spiro atoms. The van der Waals surface area contributed by atoms with Crippen molar-refractivity contribution in [3.8, 4) is 0 Å². The maximum atomic E-state index is 11.5. The Kier molecular flexibility index (Phi) is 8.11. The minimum absolute atomic E-state index is 0.144. The van der Waals surface area contributed by atoms with Crippen molar-refractivity contribution in [2.75, 3.05) is 26.8 Å². The van der Waals surface area contributed by atoms with E-state index in [9.17, 15) is 14.7 Å². The summed E-state index contributed by atoms with van der Waals surface area (Å²) in [5.41, 5.74) is -0.871. The Morgan fingerprint density at radius 2 is 1.83 bits per heavy atom. The molecule has 2 amide bonds. The molecule has 0 aromatic heterocycles. The van der Waals surface area contributed by atoms with Gasteiger partial charge in [0.1, 0.15) is 0 Å². The molecule has 0 aliphatic rings. The van der Waals surface area contributed by atoms with Crippen LogP contribution in [0, 0.1) is 5.41 Å². The van der Waals surface area contributed by atoms with E-state index in [2.05, 4.69) is 10.6 Å². The second-order valence-corrected chi connectivity index (χ2v) is 4.25. The predicted molar refractivity (Wildman–Crippen MR) is 68.5 cm³/mol. The molecule has 0 heterocycles. The van der Waals surface area contributed by atoms with Gasteiger partial charge in [0.05, 0.1) is 5.41 Å². The van der Waals surface area contributed by atoms with E-state index in [0.717, 1.165) is 6.42 Å². The average Bonchev–Trinajstić information content (AvgIpc) is 2.36.